The summed E-state index contributed by atoms with van der Waals surface area (Å²) in [5.41, 5.74) is 1.74. The largest absolute Gasteiger partial charge is 0.480 e. The molecule has 1 aromatic heterocycles. The number of carbonyl (C=O) groups is 2. The second-order valence-electron chi connectivity index (χ2n) is 5.05. The predicted molar refractivity (Wildman–Crippen MR) is 72.2 cm³/mol. The van der Waals surface area contributed by atoms with Crippen LogP contribution in [0.25, 0.3) is 10.9 Å². The highest BCUT2D eigenvalue weighted by molar-refractivity contribution is 5.86. The minimum Gasteiger partial charge on any atom is -0.480 e. The van der Waals surface area contributed by atoms with Crippen LogP contribution >= 0.6 is 0 Å². The number of benzene rings is 1. The number of carboxylic acid groups (broad SMARTS) is 1. The van der Waals surface area contributed by atoms with Crippen molar-refractivity contribution in [1.29, 1.82) is 0 Å². The first kappa shape index (κ1) is 12.7. The van der Waals surface area contributed by atoms with Gasteiger partial charge in [-0.2, -0.15) is 5.10 Å². The number of fused-ring (bicyclic) bond motifs is 1. The van der Waals surface area contributed by atoms with Gasteiger partial charge in [0.15, 0.2) is 0 Å². The van der Waals surface area contributed by atoms with Gasteiger partial charge in [0.05, 0.1) is 18.1 Å². The summed E-state index contributed by atoms with van der Waals surface area (Å²) in [4.78, 5) is 24.8. The zero-order valence-electron chi connectivity index (χ0n) is 10.9. The van der Waals surface area contributed by atoms with Crippen molar-refractivity contribution in [2.75, 3.05) is 6.54 Å². The van der Waals surface area contributed by atoms with E-state index in [2.05, 4.69) is 10.2 Å². The highest BCUT2D eigenvalue weighted by Gasteiger charge is 2.33. The number of aromatic nitrogens is 2. The number of amides is 1. The van der Waals surface area contributed by atoms with Gasteiger partial charge in [-0.15, -0.1) is 0 Å². The van der Waals surface area contributed by atoms with Crippen LogP contribution < -0.4 is 0 Å². The Hall–Kier alpha value is -2.37. The smallest absolute Gasteiger partial charge is 0.326 e. The summed E-state index contributed by atoms with van der Waals surface area (Å²) in [5, 5.41) is 16.9. The van der Waals surface area contributed by atoms with Crippen LogP contribution in [0.4, 0.5) is 0 Å². The molecule has 1 aromatic carbocycles. The van der Waals surface area contributed by atoms with Crippen molar-refractivity contribution >= 4 is 22.8 Å². The maximum atomic E-state index is 12.2. The van der Waals surface area contributed by atoms with Crippen LogP contribution in [0.1, 0.15) is 18.4 Å². The fraction of sp³-hybridized carbons (Fsp3) is 0.357. The van der Waals surface area contributed by atoms with Crippen molar-refractivity contribution < 1.29 is 14.7 Å². The number of H-pyrrole nitrogens is 1. The third-order valence-corrected chi connectivity index (χ3v) is 3.72. The first-order chi connectivity index (χ1) is 9.65. The number of carboxylic acids is 1. The molecule has 1 saturated heterocycles. The van der Waals surface area contributed by atoms with Crippen molar-refractivity contribution in [2.24, 2.45) is 0 Å². The molecule has 2 N–H and O–H groups in total. The van der Waals surface area contributed by atoms with Crippen molar-refractivity contribution in [3.05, 3.63) is 30.0 Å². The van der Waals surface area contributed by atoms with Gasteiger partial charge in [-0.1, -0.05) is 12.1 Å². The minimum atomic E-state index is -0.917. The van der Waals surface area contributed by atoms with Crippen molar-refractivity contribution in [3.63, 3.8) is 0 Å². The van der Waals surface area contributed by atoms with E-state index in [0.717, 1.165) is 22.9 Å². The number of rotatable bonds is 3. The van der Waals surface area contributed by atoms with Gasteiger partial charge in [-0.05, 0) is 24.5 Å². The van der Waals surface area contributed by atoms with Gasteiger partial charge >= 0.3 is 5.97 Å². The number of likely N-dealkylation sites (tertiary alicyclic amines) is 1. The minimum absolute atomic E-state index is 0.131. The lowest BCUT2D eigenvalue weighted by atomic mass is 10.1. The van der Waals surface area contributed by atoms with Crippen LogP contribution in [-0.2, 0) is 16.0 Å². The Labute approximate surface area is 115 Å². The van der Waals surface area contributed by atoms with Gasteiger partial charge < -0.3 is 10.0 Å². The maximum Gasteiger partial charge on any atom is 0.326 e. The lowest BCUT2D eigenvalue weighted by molar-refractivity contribution is -0.148. The Morgan fingerprint density at radius 3 is 3.10 bits per heavy atom. The third-order valence-electron chi connectivity index (χ3n) is 3.72. The van der Waals surface area contributed by atoms with Gasteiger partial charge in [0.2, 0.25) is 5.91 Å². The second-order valence-corrected chi connectivity index (χ2v) is 5.05. The van der Waals surface area contributed by atoms with E-state index in [4.69, 9.17) is 5.11 Å². The lowest BCUT2D eigenvalue weighted by Crippen LogP contribution is -2.41. The molecular weight excluding hydrogens is 258 g/mol. The number of hydrogen-bond donors (Lipinski definition) is 2. The number of aromatic amines is 1. The van der Waals surface area contributed by atoms with Gasteiger partial charge in [-0.25, -0.2) is 4.79 Å². The molecule has 0 spiro atoms. The normalized spacial score (nSPS) is 18.6. The van der Waals surface area contributed by atoms with Gasteiger partial charge in [-0.3, -0.25) is 9.89 Å². The zero-order chi connectivity index (χ0) is 14.1. The van der Waals surface area contributed by atoms with Crippen LogP contribution in [0.15, 0.2) is 24.4 Å². The van der Waals surface area contributed by atoms with Crippen molar-refractivity contribution in [2.45, 2.75) is 25.3 Å². The maximum absolute atomic E-state index is 12.2. The highest BCUT2D eigenvalue weighted by atomic mass is 16.4. The fourth-order valence-corrected chi connectivity index (χ4v) is 2.69. The second kappa shape index (κ2) is 4.96. The summed E-state index contributed by atoms with van der Waals surface area (Å²) in [6.45, 7) is 0.530. The summed E-state index contributed by atoms with van der Waals surface area (Å²) in [5.74, 6) is -1.05. The third kappa shape index (κ3) is 2.24. The molecule has 6 nitrogen and oxygen atoms in total. The number of nitrogens with one attached hydrogen (secondary N) is 1. The monoisotopic (exact) mass is 273 g/mol. The topological polar surface area (TPSA) is 86.3 Å². The molecule has 1 aliphatic rings. The van der Waals surface area contributed by atoms with Gasteiger partial charge in [0, 0.05) is 11.9 Å². The Kier molecular flexibility index (Phi) is 3.14. The van der Waals surface area contributed by atoms with E-state index in [-0.39, 0.29) is 12.3 Å². The van der Waals surface area contributed by atoms with Crippen LogP contribution in [-0.4, -0.2) is 44.7 Å². The molecule has 1 atom stereocenters. The SMILES string of the molecule is O=C(O)C1CCCN1C(=O)Cc1ccc2cn[nH]c2c1. The van der Waals surface area contributed by atoms with E-state index >= 15 is 0 Å². The molecule has 0 saturated carbocycles. The Bertz CT molecular complexity index is 664. The Balaban J connectivity index is 1.76. The van der Waals surface area contributed by atoms with E-state index in [1.54, 1.807) is 6.20 Å². The Morgan fingerprint density at radius 2 is 2.30 bits per heavy atom. The molecule has 6 heteroatoms. The van der Waals surface area contributed by atoms with Crippen LogP contribution in [0.5, 0.6) is 0 Å². The first-order valence-electron chi connectivity index (χ1n) is 6.59. The van der Waals surface area contributed by atoms with Crippen molar-refractivity contribution in [3.8, 4) is 0 Å². The number of aliphatic carboxylic acids is 1. The highest BCUT2D eigenvalue weighted by Crippen LogP contribution is 2.20. The predicted octanol–water partition coefficient (Wildman–Crippen LogP) is 1.18. The molecule has 1 fully saturated rings. The molecule has 104 valence electrons. The average molecular weight is 273 g/mol. The lowest BCUT2D eigenvalue weighted by Gasteiger charge is -2.21. The molecular formula is C14H15N3O3. The quantitative estimate of drug-likeness (QED) is 0.879. The first-order valence-corrected chi connectivity index (χ1v) is 6.59. The number of hydrogen-bond acceptors (Lipinski definition) is 3. The molecule has 1 unspecified atom stereocenters. The summed E-state index contributed by atoms with van der Waals surface area (Å²) < 4.78 is 0. The van der Waals surface area contributed by atoms with E-state index in [1.165, 1.54) is 4.90 Å². The van der Waals surface area contributed by atoms with Gasteiger partial charge in [0.1, 0.15) is 6.04 Å². The van der Waals surface area contributed by atoms with E-state index in [1.807, 2.05) is 18.2 Å². The average Bonchev–Trinajstić information content (AvgIpc) is 3.06. The molecule has 0 bridgehead atoms. The summed E-state index contributed by atoms with van der Waals surface area (Å²) in [6.07, 6.45) is 3.24. The van der Waals surface area contributed by atoms with Gasteiger partial charge in [0.25, 0.3) is 0 Å². The number of nitrogens with zero attached hydrogens (tertiary/aromatic N) is 2. The number of carbonyl (C=O) groups excluding carboxylic acids is 1. The Morgan fingerprint density at radius 1 is 1.45 bits per heavy atom. The standard InChI is InChI=1S/C14H15N3O3/c18-13(17-5-1-2-12(17)14(19)20)7-9-3-4-10-8-15-16-11(10)6-9/h3-4,6,8,12H,1-2,5,7H2,(H,15,16)(H,19,20). The fourth-order valence-electron chi connectivity index (χ4n) is 2.69. The molecule has 1 aliphatic heterocycles. The summed E-state index contributed by atoms with van der Waals surface area (Å²) in [7, 11) is 0. The molecule has 0 radical (unpaired) electrons. The van der Waals surface area contributed by atoms with Crippen LogP contribution in [0.3, 0.4) is 0 Å². The molecule has 1 amide bonds. The molecule has 2 aromatic rings. The van der Waals surface area contributed by atoms with E-state index in [0.29, 0.717) is 13.0 Å². The molecule has 3 rings (SSSR count). The zero-order valence-corrected chi connectivity index (χ0v) is 10.9. The van der Waals surface area contributed by atoms with Crippen molar-refractivity contribution in [1.82, 2.24) is 15.1 Å². The van der Waals surface area contributed by atoms with E-state index in [9.17, 15) is 9.59 Å². The summed E-state index contributed by atoms with van der Waals surface area (Å²) in [6, 6.07) is 4.99. The molecule has 0 aliphatic carbocycles. The molecule has 2 heterocycles. The van der Waals surface area contributed by atoms with Crippen LogP contribution in [0, 0.1) is 0 Å². The summed E-state index contributed by atoms with van der Waals surface area (Å²) >= 11 is 0. The molecule has 20 heavy (non-hydrogen) atoms. The van der Waals surface area contributed by atoms with E-state index < -0.39 is 12.0 Å². The van der Waals surface area contributed by atoms with Crippen LogP contribution in [0.2, 0.25) is 0 Å².